The standard InChI is InChI=1S/C13H17N3O/c1-2-6-12-15-13(16-17-12)11(14)9-10-7-4-3-5-8-10/h3-5,7-8,11H,2,6,9,14H2,1H3. The van der Waals surface area contributed by atoms with Crippen LogP contribution < -0.4 is 5.73 Å². The van der Waals surface area contributed by atoms with Crippen LogP contribution in [-0.4, -0.2) is 10.1 Å². The van der Waals surface area contributed by atoms with Crippen molar-refractivity contribution in [3.63, 3.8) is 0 Å². The molecule has 1 aromatic heterocycles. The van der Waals surface area contributed by atoms with Gasteiger partial charge in [-0.3, -0.25) is 0 Å². The lowest BCUT2D eigenvalue weighted by molar-refractivity contribution is 0.368. The summed E-state index contributed by atoms with van der Waals surface area (Å²) < 4.78 is 5.12. The summed E-state index contributed by atoms with van der Waals surface area (Å²) in [5.41, 5.74) is 7.23. The van der Waals surface area contributed by atoms with Gasteiger partial charge in [-0.2, -0.15) is 4.98 Å². The molecule has 17 heavy (non-hydrogen) atoms. The Labute approximate surface area is 101 Å². The third kappa shape index (κ3) is 3.14. The van der Waals surface area contributed by atoms with Gasteiger partial charge < -0.3 is 10.3 Å². The van der Waals surface area contributed by atoms with Gasteiger partial charge in [0.2, 0.25) is 5.89 Å². The molecule has 0 spiro atoms. The number of aromatic nitrogens is 2. The molecule has 0 radical (unpaired) electrons. The lowest BCUT2D eigenvalue weighted by atomic mass is 10.1. The highest BCUT2D eigenvalue weighted by atomic mass is 16.5. The van der Waals surface area contributed by atoms with Gasteiger partial charge in [0.25, 0.3) is 0 Å². The first-order valence-electron chi connectivity index (χ1n) is 5.91. The zero-order valence-electron chi connectivity index (χ0n) is 9.97. The van der Waals surface area contributed by atoms with Gasteiger partial charge in [-0.25, -0.2) is 0 Å². The normalized spacial score (nSPS) is 12.6. The van der Waals surface area contributed by atoms with Gasteiger partial charge >= 0.3 is 0 Å². The van der Waals surface area contributed by atoms with E-state index in [2.05, 4.69) is 17.1 Å². The number of nitrogens with zero attached hydrogens (tertiary/aromatic N) is 2. The van der Waals surface area contributed by atoms with Crippen LogP contribution in [0.15, 0.2) is 34.9 Å². The molecule has 0 saturated carbocycles. The van der Waals surface area contributed by atoms with Crippen molar-refractivity contribution in [1.82, 2.24) is 10.1 Å². The molecular weight excluding hydrogens is 214 g/mol. The number of hydrogen-bond acceptors (Lipinski definition) is 4. The van der Waals surface area contributed by atoms with Crippen molar-refractivity contribution < 1.29 is 4.52 Å². The van der Waals surface area contributed by atoms with Crippen molar-refractivity contribution in [2.75, 3.05) is 0 Å². The number of aryl methyl sites for hydroxylation is 1. The maximum atomic E-state index is 6.05. The Hall–Kier alpha value is -1.68. The Morgan fingerprint density at radius 3 is 2.76 bits per heavy atom. The van der Waals surface area contributed by atoms with Gasteiger partial charge in [0.1, 0.15) is 0 Å². The highest BCUT2D eigenvalue weighted by molar-refractivity contribution is 5.16. The van der Waals surface area contributed by atoms with Crippen LogP contribution in [0.4, 0.5) is 0 Å². The van der Waals surface area contributed by atoms with Crippen molar-refractivity contribution in [2.24, 2.45) is 5.73 Å². The van der Waals surface area contributed by atoms with E-state index in [1.807, 2.05) is 30.3 Å². The summed E-state index contributed by atoms with van der Waals surface area (Å²) in [6.45, 7) is 2.08. The summed E-state index contributed by atoms with van der Waals surface area (Å²) in [6, 6.07) is 9.89. The number of nitrogens with two attached hydrogens (primary N) is 1. The molecule has 1 aromatic carbocycles. The van der Waals surface area contributed by atoms with Gasteiger partial charge in [0.15, 0.2) is 5.82 Å². The summed E-state index contributed by atoms with van der Waals surface area (Å²) in [5, 5.41) is 3.92. The van der Waals surface area contributed by atoms with Crippen LogP contribution in [0.25, 0.3) is 0 Å². The predicted octanol–water partition coefficient (Wildman–Crippen LogP) is 2.26. The van der Waals surface area contributed by atoms with Crippen LogP contribution in [0, 0.1) is 0 Å². The second-order valence-electron chi connectivity index (χ2n) is 4.09. The summed E-state index contributed by atoms with van der Waals surface area (Å²) in [7, 11) is 0. The average Bonchev–Trinajstić information content (AvgIpc) is 2.79. The fourth-order valence-electron chi connectivity index (χ4n) is 1.69. The van der Waals surface area contributed by atoms with Crippen molar-refractivity contribution in [2.45, 2.75) is 32.2 Å². The predicted molar refractivity (Wildman–Crippen MR) is 65.4 cm³/mol. The molecule has 4 nitrogen and oxygen atoms in total. The van der Waals surface area contributed by atoms with Gasteiger partial charge in [0, 0.05) is 6.42 Å². The lowest BCUT2D eigenvalue weighted by Gasteiger charge is -2.06. The fraction of sp³-hybridized carbons (Fsp3) is 0.385. The quantitative estimate of drug-likeness (QED) is 0.857. The molecule has 2 aromatic rings. The molecule has 2 N–H and O–H groups in total. The maximum Gasteiger partial charge on any atom is 0.226 e. The summed E-state index contributed by atoms with van der Waals surface area (Å²) >= 11 is 0. The molecule has 0 aliphatic carbocycles. The molecule has 0 saturated heterocycles. The molecule has 0 bridgehead atoms. The Morgan fingerprint density at radius 2 is 2.06 bits per heavy atom. The molecular formula is C13H17N3O. The second-order valence-corrected chi connectivity index (χ2v) is 4.09. The van der Waals surface area contributed by atoms with Crippen LogP contribution in [0.2, 0.25) is 0 Å². The van der Waals surface area contributed by atoms with Crippen molar-refractivity contribution in [1.29, 1.82) is 0 Å². The minimum atomic E-state index is -0.202. The molecule has 1 unspecified atom stereocenters. The second kappa shape index (κ2) is 5.59. The van der Waals surface area contributed by atoms with Gasteiger partial charge in [-0.1, -0.05) is 42.4 Å². The van der Waals surface area contributed by atoms with Crippen LogP contribution in [0.5, 0.6) is 0 Å². The zero-order valence-corrected chi connectivity index (χ0v) is 9.97. The Bertz CT molecular complexity index is 453. The molecule has 0 amide bonds. The molecule has 2 rings (SSSR count). The first-order chi connectivity index (χ1) is 8.29. The van der Waals surface area contributed by atoms with E-state index >= 15 is 0 Å². The van der Waals surface area contributed by atoms with E-state index in [1.165, 1.54) is 5.56 Å². The van der Waals surface area contributed by atoms with E-state index in [0.717, 1.165) is 19.3 Å². The Balaban J connectivity index is 2.01. The van der Waals surface area contributed by atoms with E-state index in [0.29, 0.717) is 11.7 Å². The summed E-state index contributed by atoms with van der Waals surface area (Å²) in [5.74, 6) is 1.27. The number of benzene rings is 1. The van der Waals surface area contributed by atoms with E-state index in [1.54, 1.807) is 0 Å². The highest BCUT2D eigenvalue weighted by Gasteiger charge is 2.14. The minimum absolute atomic E-state index is 0.202. The summed E-state index contributed by atoms with van der Waals surface area (Å²) in [4.78, 5) is 4.29. The Morgan fingerprint density at radius 1 is 1.29 bits per heavy atom. The SMILES string of the molecule is CCCc1nc(C(N)Cc2ccccc2)no1. The monoisotopic (exact) mass is 231 g/mol. The van der Waals surface area contributed by atoms with Crippen LogP contribution in [0.3, 0.4) is 0 Å². The minimum Gasteiger partial charge on any atom is -0.339 e. The fourth-order valence-corrected chi connectivity index (χ4v) is 1.69. The average molecular weight is 231 g/mol. The largest absolute Gasteiger partial charge is 0.339 e. The number of rotatable bonds is 5. The Kier molecular flexibility index (Phi) is 3.88. The van der Waals surface area contributed by atoms with E-state index in [4.69, 9.17) is 10.3 Å². The van der Waals surface area contributed by atoms with Crippen LogP contribution in [-0.2, 0) is 12.8 Å². The molecule has 0 aliphatic heterocycles. The third-order valence-electron chi connectivity index (χ3n) is 2.58. The third-order valence-corrected chi connectivity index (χ3v) is 2.58. The van der Waals surface area contributed by atoms with Gasteiger partial charge in [-0.05, 0) is 18.4 Å². The van der Waals surface area contributed by atoms with Crippen LogP contribution >= 0.6 is 0 Å². The maximum absolute atomic E-state index is 6.05. The van der Waals surface area contributed by atoms with E-state index < -0.39 is 0 Å². The molecule has 4 heteroatoms. The molecule has 1 heterocycles. The first kappa shape index (κ1) is 11.8. The smallest absolute Gasteiger partial charge is 0.226 e. The van der Waals surface area contributed by atoms with Crippen molar-refractivity contribution in [3.8, 4) is 0 Å². The topological polar surface area (TPSA) is 64.9 Å². The van der Waals surface area contributed by atoms with Crippen molar-refractivity contribution in [3.05, 3.63) is 47.6 Å². The zero-order chi connectivity index (χ0) is 12.1. The van der Waals surface area contributed by atoms with Crippen molar-refractivity contribution >= 4 is 0 Å². The first-order valence-corrected chi connectivity index (χ1v) is 5.91. The lowest BCUT2D eigenvalue weighted by Crippen LogP contribution is -2.15. The molecule has 0 fully saturated rings. The molecule has 1 atom stereocenters. The van der Waals surface area contributed by atoms with Gasteiger partial charge in [0.05, 0.1) is 6.04 Å². The number of hydrogen-bond donors (Lipinski definition) is 1. The highest BCUT2D eigenvalue weighted by Crippen LogP contribution is 2.13. The van der Waals surface area contributed by atoms with E-state index in [-0.39, 0.29) is 6.04 Å². The van der Waals surface area contributed by atoms with E-state index in [9.17, 15) is 0 Å². The molecule has 0 aliphatic rings. The molecule has 90 valence electrons. The summed E-state index contributed by atoms with van der Waals surface area (Å²) in [6.07, 6.45) is 2.53. The van der Waals surface area contributed by atoms with Crippen LogP contribution in [0.1, 0.15) is 36.7 Å². The van der Waals surface area contributed by atoms with Gasteiger partial charge in [-0.15, -0.1) is 0 Å².